The number of amides is 2. The first-order chi connectivity index (χ1) is 10.3. The first-order valence-electron chi connectivity index (χ1n) is 7.41. The first-order valence-corrected chi connectivity index (χ1v) is 7.41. The lowest BCUT2D eigenvalue weighted by molar-refractivity contribution is 0.0532. The highest BCUT2D eigenvalue weighted by Crippen LogP contribution is 2.14. The Labute approximate surface area is 130 Å². The molecule has 2 aromatic rings. The SMILES string of the molecule is Cc1nc2ccccc2n1CCNC(=O)N(C)CC(C)(C)O. The van der Waals surface area contributed by atoms with Crippen molar-refractivity contribution in [2.75, 3.05) is 20.1 Å². The van der Waals surface area contributed by atoms with Crippen LogP contribution in [0.15, 0.2) is 24.3 Å². The summed E-state index contributed by atoms with van der Waals surface area (Å²) in [6, 6.07) is 7.76. The Hall–Kier alpha value is -2.08. The van der Waals surface area contributed by atoms with E-state index in [0.717, 1.165) is 16.9 Å². The summed E-state index contributed by atoms with van der Waals surface area (Å²) in [5.41, 5.74) is 1.13. The summed E-state index contributed by atoms with van der Waals surface area (Å²) >= 11 is 0. The van der Waals surface area contributed by atoms with E-state index in [9.17, 15) is 9.90 Å². The van der Waals surface area contributed by atoms with E-state index in [0.29, 0.717) is 13.1 Å². The van der Waals surface area contributed by atoms with Gasteiger partial charge in [-0.25, -0.2) is 9.78 Å². The molecule has 0 radical (unpaired) electrons. The molecule has 6 nitrogen and oxygen atoms in total. The fraction of sp³-hybridized carbons (Fsp3) is 0.500. The number of fused-ring (bicyclic) bond motifs is 1. The number of nitrogens with one attached hydrogen (secondary N) is 1. The number of hydrogen-bond acceptors (Lipinski definition) is 3. The van der Waals surface area contributed by atoms with Crippen LogP contribution in [0, 0.1) is 6.92 Å². The van der Waals surface area contributed by atoms with Crippen molar-refractivity contribution in [3.05, 3.63) is 30.1 Å². The summed E-state index contributed by atoms with van der Waals surface area (Å²) in [7, 11) is 1.67. The molecule has 22 heavy (non-hydrogen) atoms. The molecule has 0 saturated carbocycles. The molecule has 0 spiro atoms. The number of benzene rings is 1. The number of imidazole rings is 1. The second-order valence-corrected chi connectivity index (χ2v) is 6.20. The van der Waals surface area contributed by atoms with Crippen molar-refractivity contribution in [1.29, 1.82) is 0 Å². The zero-order valence-corrected chi connectivity index (χ0v) is 13.6. The zero-order valence-electron chi connectivity index (χ0n) is 13.6. The highest BCUT2D eigenvalue weighted by molar-refractivity contribution is 5.76. The van der Waals surface area contributed by atoms with Gasteiger partial charge in [0.1, 0.15) is 5.82 Å². The van der Waals surface area contributed by atoms with E-state index in [1.807, 2.05) is 31.2 Å². The molecule has 6 heteroatoms. The number of likely N-dealkylation sites (N-methyl/N-ethyl adjacent to an activating group) is 1. The van der Waals surface area contributed by atoms with Crippen molar-refractivity contribution in [3.63, 3.8) is 0 Å². The molecule has 2 rings (SSSR count). The quantitative estimate of drug-likeness (QED) is 0.884. The standard InChI is InChI=1S/C16H24N4O2/c1-12-18-13-7-5-6-8-14(13)20(12)10-9-17-15(21)19(4)11-16(2,3)22/h5-8,22H,9-11H2,1-4H3,(H,17,21). The first kappa shape index (κ1) is 16.3. The van der Waals surface area contributed by atoms with Gasteiger partial charge >= 0.3 is 6.03 Å². The molecule has 1 aromatic heterocycles. The van der Waals surface area contributed by atoms with E-state index >= 15 is 0 Å². The van der Waals surface area contributed by atoms with Crippen molar-refractivity contribution >= 4 is 17.1 Å². The monoisotopic (exact) mass is 304 g/mol. The van der Waals surface area contributed by atoms with Gasteiger partial charge in [0.05, 0.1) is 23.2 Å². The lowest BCUT2D eigenvalue weighted by Crippen LogP contribution is -2.45. The third-order valence-corrected chi connectivity index (χ3v) is 3.43. The lowest BCUT2D eigenvalue weighted by Gasteiger charge is -2.25. The third kappa shape index (κ3) is 3.98. The van der Waals surface area contributed by atoms with Crippen molar-refractivity contribution in [2.24, 2.45) is 0 Å². The Morgan fingerprint density at radius 1 is 1.41 bits per heavy atom. The molecule has 0 aliphatic heterocycles. The normalized spacial score (nSPS) is 11.7. The van der Waals surface area contributed by atoms with Gasteiger partial charge in [0.15, 0.2) is 0 Å². The van der Waals surface area contributed by atoms with Crippen LogP contribution in [-0.2, 0) is 6.54 Å². The summed E-state index contributed by atoms with van der Waals surface area (Å²) in [6.07, 6.45) is 0. The van der Waals surface area contributed by atoms with E-state index in [2.05, 4.69) is 14.9 Å². The van der Waals surface area contributed by atoms with E-state index in [1.165, 1.54) is 4.90 Å². The highest BCUT2D eigenvalue weighted by Gasteiger charge is 2.19. The molecular weight excluding hydrogens is 280 g/mol. The number of aliphatic hydroxyl groups is 1. The van der Waals surface area contributed by atoms with Gasteiger partial charge in [-0.05, 0) is 32.9 Å². The Morgan fingerprint density at radius 3 is 2.77 bits per heavy atom. The van der Waals surface area contributed by atoms with Gasteiger partial charge in [-0.3, -0.25) is 0 Å². The third-order valence-electron chi connectivity index (χ3n) is 3.43. The highest BCUT2D eigenvalue weighted by atomic mass is 16.3. The molecule has 0 atom stereocenters. The van der Waals surface area contributed by atoms with E-state index in [4.69, 9.17) is 0 Å². The molecule has 1 heterocycles. The van der Waals surface area contributed by atoms with Crippen molar-refractivity contribution in [2.45, 2.75) is 32.9 Å². The summed E-state index contributed by atoms with van der Waals surface area (Å²) in [5.74, 6) is 0.931. The van der Waals surface area contributed by atoms with Crippen LogP contribution >= 0.6 is 0 Å². The molecule has 1 aromatic carbocycles. The van der Waals surface area contributed by atoms with Gasteiger partial charge in [-0.1, -0.05) is 12.1 Å². The Morgan fingerprint density at radius 2 is 2.09 bits per heavy atom. The zero-order chi connectivity index (χ0) is 16.3. The fourth-order valence-corrected chi connectivity index (χ4v) is 2.54. The molecule has 120 valence electrons. The van der Waals surface area contributed by atoms with Gasteiger partial charge in [0.25, 0.3) is 0 Å². The van der Waals surface area contributed by atoms with Gasteiger partial charge in [-0.15, -0.1) is 0 Å². The lowest BCUT2D eigenvalue weighted by atomic mass is 10.1. The second kappa shape index (κ2) is 6.36. The molecule has 0 bridgehead atoms. The van der Waals surface area contributed by atoms with Crippen molar-refractivity contribution < 1.29 is 9.90 Å². The Bertz CT molecular complexity index is 658. The van der Waals surface area contributed by atoms with Crippen LogP contribution in [0.5, 0.6) is 0 Å². The van der Waals surface area contributed by atoms with E-state index in [1.54, 1.807) is 20.9 Å². The summed E-state index contributed by atoms with van der Waals surface area (Å²) in [4.78, 5) is 18.0. The smallest absolute Gasteiger partial charge is 0.317 e. The average molecular weight is 304 g/mol. The molecule has 0 aliphatic carbocycles. The minimum absolute atomic E-state index is 0.191. The number of urea groups is 1. The summed E-state index contributed by atoms with van der Waals surface area (Å²) in [6.45, 7) is 6.77. The molecule has 0 fully saturated rings. The van der Waals surface area contributed by atoms with E-state index in [-0.39, 0.29) is 12.6 Å². The van der Waals surface area contributed by atoms with Gasteiger partial charge in [0, 0.05) is 20.1 Å². The Kier molecular flexibility index (Phi) is 4.71. The van der Waals surface area contributed by atoms with E-state index < -0.39 is 5.60 Å². The van der Waals surface area contributed by atoms with Crippen LogP contribution in [0.1, 0.15) is 19.7 Å². The largest absolute Gasteiger partial charge is 0.389 e. The maximum atomic E-state index is 12.0. The van der Waals surface area contributed by atoms with Crippen LogP contribution in [0.3, 0.4) is 0 Å². The van der Waals surface area contributed by atoms with Crippen molar-refractivity contribution in [3.8, 4) is 0 Å². The fourth-order valence-electron chi connectivity index (χ4n) is 2.54. The molecule has 0 unspecified atom stereocenters. The molecule has 0 saturated heterocycles. The number of aryl methyl sites for hydroxylation is 1. The number of para-hydroxylation sites is 2. The summed E-state index contributed by atoms with van der Waals surface area (Å²) < 4.78 is 2.09. The van der Waals surface area contributed by atoms with Crippen molar-refractivity contribution in [1.82, 2.24) is 19.8 Å². The van der Waals surface area contributed by atoms with Crippen LogP contribution in [0.2, 0.25) is 0 Å². The topological polar surface area (TPSA) is 70.4 Å². The maximum absolute atomic E-state index is 12.0. The maximum Gasteiger partial charge on any atom is 0.317 e. The van der Waals surface area contributed by atoms with Gasteiger partial charge < -0.3 is 19.9 Å². The number of carbonyl (C=O) groups excluding carboxylic acids is 1. The van der Waals surface area contributed by atoms with Crippen LogP contribution in [0.4, 0.5) is 4.79 Å². The predicted octanol–water partition coefficient (Wildman–Crippen LogP) is 1.76. The second-order valence-electron chi connectivity index (χ2n) is 6.20. The number of hydrogen-bond donors (Lipinski definition) is 2. The van der Waals surface area contributed by atoms with Crippen LogP contribution in [0.25, 0.3) is 11.0 Å². The van der Waals surface area contributed by atoms with Gasteiger partial charge in [0.2, 0.25) is 0 Å². The number of aromatic nitrogens is 2. The number of nitrogens with zero attached hydrogens (tertiary/aromatic N) is 3. The number of carbonyl (C=O) groups is 1. The van der Waals surface area contributed by atoms with Crippen LogP contribution < -0.4 is 5.32 Å². The molecule has 2 N–H and O–H groups in total. The minimum atomic E-state index is -0.900. The van der Waals surface area contributed by atoms with Gasteiger partial charge in [-0.2, -0.15) is 0 Å². The molecule has 2 amide bonds. The molecule has 0 aliphatic rings. The van der Waals surface area contributed by atoms with Crippen LogP contribution in [-0.4, -0.2) is 51.3 Å². The average Bonchev–Trinajstić information content (AvgIpc) is 2.73. The Balaban J connectivity index is 1.93. The molecular formula is C16H24N4O2. The number of rotatable bonds is 5. The summed E-state index contributed by atoms with van der Waals surface area (Å²) in [5, 5.41) is 12.6. The minimum Gasteiger partial charge on any atom is -0.389 e. The predicted molar refractivity (Wildman–Crippen MR) is 86.8 cm³/mol.